The molecule has 4 heteroatoms. The van der Waals surface area contributed by atoms with Crippen molar-refractivity contribution in [3.63, 3.8) is 0 Å². The molecule has 2 atom stereocenters. The molecule has 0 saturated heterocycles. The molecule has 1 N–H and O–H groups in total. The van der Waals surface area contributed by atoms with Crippen molar-refractivity contribution in [3.05, 3.63) is 33.9 Å². The number of nitrogens with one attached hydrogen (secondary N) is 1. The van der Waals surface area contributed by atoms with E-state index in [-0.39, 0.29) is 10.6 Å². The van der Waals surface area contributed by atoms with Crippen LogP contribution in [0.15, 0.2) is 18.2 Å². The Morgan fingerprint density at radius 2 is 2.20 bits per heavy atom. The Hall–Kier alpha value is -1.58. The van der Waals surface area contributed by atoms with Gasteiger partial charge in [-0.3, -0.25) is 10.1 Å². The van der Waals surface area contributed by atoms with Crippen molar-refractivity contribution in [2.75, 3.05) is 5.32 Å². The molecule has 1 fully saturated rings. The number of anilines is 1. The molecule has 0 aromatic heterocycles. The van der Waals surface area contributed by atoms with Crippen molar-refractivity contribution in [3.8, 4) is 0 Å². The number of hydrogen-bond acceptors (Lipinski definition) is 3. The second-order valence-corrected chi connectivity index (χ2v) is 4.22. The highest BCUT2D eigenvalue weighted by atomic mass is 16.6. The van der Waals surface area contributed by atoms with Crippen LogP contribution in [0.2, 0.25) is 0 Å². The normalized spacial score (nSPS) is 23.6. The zero-order valence-corrected chi connectivity index (χ0v) is 8.86. The van der Waals surface area contributed by atoms with E-state index in [1.165, 1.54) is 6.42 Å². The lowest BCUT2D eigenvalue weighted by Crippen LogP contribution is -2.03. The van der Waals surface area contributed by atoms with Crippen LogP contribution >= 0.6 is 0 Å². The molecule has 4 nitrogen and oxygen atoms in total. The Morgan fingerprint density at radius 1 is 1.53 bits per heavy atom. The summed E-state index contributed by atoms with van der Waals surface area (Å²) in [5, 5.41) is 14.0. The van der Waals surface area contributed by atoms with Crippen LogP contribution < -0.4 is 5.32 Å². The van der Waals surface area contributed by atoms with E-state index < -0.39 is 0 Å². The summed E-state index contributed by atoms with van der Waals surface area (Å²) in [6.45, 7) is 3.95. The van der Waals surface area contributed by atoms with Crippen LogP contribution in [0.25, 0.3) is 0 Å². The van der Waals surface area contributed by atoms with Gasteiger partial charge in [0.2, 0.25) is 0 Å². The lowest BCUT2D eigenvalue weighted by atomic mass is 10.2. The Morgan fingerprint density at radius 3 is 2.67 bits per heavy atom. The Balaban J connectivity index is 2.14. The minimum absolute atomic E-state index is 0.185. The number of aryl methyl sites for hydroxylation is 1. The predicted octanol–water partition coefficient (Wildman–Crippen LogP) is 2.72. The van der Waals surface area contributed by atoms with Gasteiger partial charge >= 0.3 is 0 Å². The first-order chi connectivity index (χ1) is 7.08. The van der Waals surface area contributed by atoms with Gasteiger partial charge in [0.05, 0.1) is 4.92 Å². The van der Waals surface area contributed by atoms with Gasteiger partial charge in [0.1, 0.15) is 0 Å². The second-order valence-electron chi connectivity index (χ2n) is 4.22. The van der Waals surface area contributed by atoms with Gasteiger partial charge in [-0.15, -0.1) is 0 Å². The molecule has 0 bridgehead atoms. The molecule has 0 spiro atoms. The maximum absolute atomic E-state index is 10.6. The van der Waals surface area contributed by atoms with Crippen molar-refractivity contribution >= 4 is 11.4 Å². The number of nitro groups is 1. The molecule has 2 rings (SSSR count). The molecule has 0 heterocycles. The predicted molar refractivity (Wildman–Crippen MR) is 59.0 cm³/mol. The van der Waals surface area contributed by atoms with E-state index in [9.17, 15) is 10.1 Å². The van der Waals surface area contributed by atoms with Crippen molar-refractivity contribution in [2.45, 2.75) is 26.3 Å². The number of nitrogens with zero attached hydrogens (tertiary/aromatic N) is 1. The lowest BCUT2D eigenvalue weighted by molar-refractivity contribution is -0.385. The van der Waals surface area contributed by atoms with Crippen molar-refractivity contribution in [1.29, 1.82) is 0 Å². The Kier molecular flexibility index (Phi) is 2.34. The van der Waals surface area contributed by atoms with Gasteiger partial charge in [0.25, 0.3) is 5.69 Å². The topological polar surface area (TPSA) is 55.2 Å². The molecular formula is C11H14N2O2. The van der Waals surface area contributed by atoms with Crippen LogP contribution in [0.5, 0.6) is 0 Å². The average Bonchev–Trinajstić information content (AvgIpc) is 2.81. The molecule has 1 aromatic rings. The number of nitro benzene ring substituents is 1. The monoisotopic (exact) mass is 206 g/mol. The highest BCUT2D eigenvalue weighted by Gasteiger charge is 2.32. The van der Waals surface area contributed by atoms with E-state index >= 15 is 0 Å². The summed E-state index contributed by atoms with van der Waals surface area (Å²) in [7, 11) is 0. The summed E-state index contributed by atoms with van der Waals surface area (Å²) in [5.41, 5.74) is 1.87. The molecule has 80 valence electrons. The largest absolute Gasteiger partial charge is 0.382 e. The van der Waals surface area contributed by atoms with Crippen LogP contribution in [0.3, 0.4) is 0 Å². The minimum atomic E-state index is -0.348. The highest BCUT2D eigenvalue weighted by Crippen LogP contribution is 2.33. The van der Waals surface area contributed by atoms with Crippen molar-refractivity contribution in [2.24, 2.45) is 5.92 Å². The summed E-state index contributed by atoms with van der Waals surface area (Å²) in [6.07, 6.45) is 1.19. The minimum Gasteiger partial charge on any atom is -0.382 e. The summed E-state index contributed by atoms with van der Waals surface area (Å²) in [5.74, 6) is 0.723. The third-order valence-corrected chi connectivity index (χ3v) is 2.86. The molecular weight excluding hydrogens is 192 g/mol. The zero-order chi connectivity index (χ0) is 11.0. The van der Waals surface area contributed by atoms with Gasteiger partial charge in [-0.1, -0.05) is 6.92 Å². The average molecular weight is 206 g/mol. The summed E-state index contributed by atoms with van der Waals surface area (Å²) in [4.78, 5) is 10.3. The first-order valence-electron chi connectivity index (χ1n) is 5.09. The molecule has 1 aromatic carbocycles. The van der Waals surface area contributed by atoms with Crippen molar-refractivity contribution < 1.29 is 4.92 Å². The van der Waals surface area contributed by atoms with Crippen molar-refractivity contribution in [1.82, 2.24) is 0 Å². The number of hydrogen-bond donors (Lipinski definition) is 1. The SMILES string of the molecule is Cc1cc(NC2CC2C)ccc1[N+](=O)[O-]. The molecule has 1 aliphatic rings. The van der Waals surface area contributed by atoms with E-state index in [2.05, 4.69) is 12.2 Å². The van der Waals surface area contributed by atoms with Gasteiger partial charge < -0.3 is 5.32 Å². The van der Waals surface area contributed by atoms with Crippen LogP contribution in [0.1, 0.15) is 18.9 Å². The number of rotatable bonds is 3. The molecule has 1 aliphatic carbocycles. The van der Waals surface area contributed by atoms with E-state index in [0.717, 1.165) is 11.6 Å². The fourth-order valence-corrected chi connectivity index (χ4v) is 1.69. The van der Waals surface area contributed by atoms with Crippen LogP contribution in [-0.2, 0) is 0 Å². The van der Waals surface area contributed by atoms with Gasteiger partial charge in [0.15, 0.2) is 0 Å². The standard InChI is InChI=1S/C11H14N2O2/c1-7-6-10(7)12-9-3-4-11(13(14)15)8(2)5-9/h3-5,7,10,12H,6H2,1-2H3. The smallest absolute Gasteiger partial charge is 0.272 e. The highest BCUT2D eigenvalue weighted by molar-refractivity contribution is 5.54. The van der Waals surface area contributed by atoms with Crippen LogP contribution in [0.4, 0.5) is 11.4 Å². The van der Waals surface area contributed by atoms with E-state index in [1.807, 2.05) is 6.07 Å². The Bertz CT molecular complexity index is 404. The lowest BCUT2D eigenvalue weighted by Gasteiger charge is -2.05. The van der Waals surface area contributed by atoms with E-state index in [1.54, 1.807) is 19.1 Å². The Labute approximate surface area is 88.5 Å². The third kappa shape index (κ3) is 2.09. The fraction of sp³-hybridized carbons (Fsp3) is 0.455. The molecule has 0 radical (unpaired) electrons. The molecule has 2 unspecified atom stereocenters. The van der Waals surface area contributed by atoms with Crippen LogP contribution in [-0.4, -0.2) is 11.0 Å². The molecule has 15 heavy (non-hydrogen) atoms. The van der Waals surface area contributed by atoms with E-state index in [4.69, 9.17) is 0 Å². The third-order valence-electron chi connectivity index (χ3n) is 2.86. The maximum Gasteiger partial charge on any atom is 0.272 e. The summed E-state index contributed by atoms with van der Waals surface area (Å²) in [6, 6.07) is 5.72. The van der Waals surface area contributed by atoms with Gasteiger partial charge in [0, 0.05) is 23.4 Å². The fourth-order valence-electron chi connectivity index (χ4n) is 1.69. The van der Waals surface area contributed by atoms with E-state index in [0.29, 0.717) is 11.6 Å². The quantitative estimate of drug-likeness (QED) is 0.611. The molecule has 1 saturated carbocycles. The van der Waals surface area contributed by atoms with Gasteiger partial charge in [-0.2, -0.15) is 0 Å². The zero-order valence-electron chi connectivity index (χ0n) is 8.86. The maximum atomic E-state index is 10.6. The second kappa shape index (κ2) is 3.53. The van der Waals surface area contributed by atoms with Gasteiger partial charge in [-0.05, 0) is 31.4 Å². The molecule has 0 amide bonds. The first-order valence-corrected chi connectivity index (χ1v) is 5.09. The summed E-state index contributed by atoms with van der Waals surface area (Å²) >= 11 is 0. The number of benzene rings is 1. The summed E-state index contributed by atoms with van der Waals surface area (Å²) < 4.78 is 0. The van der Waals surface area contributed by atoms with Crippen LogP contribution in [0, 0.1) is 23.0 Å². The van der Waals surface area contributed by atoms with Gasteiger partial charge in [-0.25, -0.2) is 0 Å². The molecule has 0 aliphatic heterocycles. The first kappa shape index (κ1) is 9.96.